The van der Waals surface area contributed by atoms with Crippen LogP contribution in [0.1, 0.15) is 48.7 Å². The number of amides is 3. The number of benzene rings is 3. The van der Waals surface area contributed by atoms with Gasteiger partial charge in [-0.3, -0.25) is 19.3 Å². The lowest BCUT2D eigenvalue weighted by Crippen LogP contribution is -2.52. The zero-order valence-electron chi connectivity index (χ0n) is 20.2. The maximum atomic E-state index is 13.6. The van der Waals surface area contributed by atoms with Gasteiger partial charge >= 0.3 is 0 Å². The minimum atomic E-state index is -0.682. The third-order valence-electron chi connectivity index (χ3n) is 6.58. The number of nitrogens with one attached hydrogen (secondary N) is 1. The van der Waals surface area contributed by atoms with Crippen LogP contribution in [-0.2, 0) is 16.1 Å². The molecule has 0 bridgehead atoms. The first-order chi connectivity index (χ1) is 16.3. The second-order valence-corrected chi connectivity index (χ2v) is 9.07. The highest BCUT2D eigenvalue weighted by molar-refractivity contribution is 6.26. The van der Waals surface area contributed by atoms with Crippen molar-refractivity contribution in [1.29, 1.82) is 0 Å². The van der Waals surface area contributed by atoms with Gasteiger partial charge in [-0.25, -0.2) is 0 Å². The van der Waals surface area contributed by atoms with Crippen LogP contribution in [-0.4, -0.2) is 41.2 Å². The third kappa shape index (κ3) is 4.53. The topological polar surface area (TPSA) is 69.7 Å². The van der Waals surface area contributed by atoms with Gasteiger partial charge in [0.05, 0.1) is 5.69 Å². The molecule has 1 aliphatic heterocycles. The van der Waals surface area contributed by atoms with Gasteiger partial charge < -0.3 is 10.2 Å². The van der Waals surface area contributed by atoms with E-state index in [1.807, 2.05) is 75.4 Å². The summed E-state index contributed by atoms with van der Waals surface area (Å²) in [7, 11) is 0. The zero-order valence-corrected chi connectivity index (χ0v) is 20.2. The number of aryl methyl sites for hydroxylation is 1. The summed E-state index contributed by atoms with van der Waals surface area (Å²) >= 11 is 0. The average Bonchev–Trinajstić information content (AvgIpc) is 3.11. The molecular formula is C28H31N3O3. The summed E-state index contributed by atoms with van der Waals surface area (Å²) in [5, 5.41) is 4.82. The summed E-state index contributed by atoms with van der Waals surface area (Å²) in [4.78, 5) is 42.9. The van der Waals surface area contributed by atoms with Crippen molar-refractivity contribution in [1.82, 2.24) is 10.2 Å². The Hall–Kier alpha value is -3.67. The molecule has 3 aromatic rings. The highest BCUT2D eigenvalue weighted by Gasteiger charge is 2.34. The molecule has 2 atom stereocenters. The molecule has 0 aromatic heterocycles. The van der Waals surface area contributed by atoms with Crippen LogP contribution in [0.25, 0.3) is 10.8 Å². The maximum absolute atomic E-state index is 13.6. The van der Waals surface area contributed by atoms with Gasteiger partial charge in [-0.15, -0.1) is 0 Å². The van der Waals surface area contributed by atoms with E-state index in [1.54, 1.807) is 17.9 Å². The number of hydrogen-bond acceptors (Lipinski definition) is 3. The first kappa shape index (κ1) is 23.5. The highest BCUT2D eigenvalue weighted by Crippen LogP contribution is 2.37. The standard InChI is InChI=1S/C28H31N3O3/c1-5-19(3)29-27(33)20(4)30(16-21-14-12-18(2)13-15-21)25(32)17-31-24-11-7-9-22-8-6-10-23(26(22)24)28(31)34/h6-15,19-20H,5,16-17H2,1-4H3,(H,29,33)/t19-,20+/m0/s1. The first-order valence-corrected chi connectivity index (χ1v) is 11.8. The van der Waals surface area contributed by atoms with E-state index >= 15 is 0 Å². The Balaban J connectivity index is 1.61. The normalized spacial score (nSPS) is 14.2. The van der Waals surface area contributed by atoms with Gasteiger partial charge in [0.15, 0.2) is 0 Å². The van der Waals surface area contributed by atoms with Gasteiger partial charge in [0.1, 0.15) is 12.6 Å². The van der Waals surface area contributed by atoms with E-state index in [9.17, 15) is 14.4 Å². The number of nitrogens with zero attached hydrogens (tertiary/aromatic N) is 2. The van der Waals surface area contributed by atoms with Crippen LogP contribution in [0.4, 0.5) is 5.69 Å². The fourth-order valence-corrected chi connectivity index (χ4v) is 4.30. The Labute approximate surface area is 200 Å². The molecule has 4 rings (SSSR count). The molecule has 0 radical (unpaired) electrons. The van der Waals surface area contributed by atoms with Crippen LogP contribution in [0.3, 0.4) is 0 Å². The van der Waals surface area contributed by atoms with Crippen LogP contribution in [0, 0.1) is 6.92 Å². The molecule has 3 amide bonds. The Morgan fingerprint density at radius 2 is 1.68 bits per heavy atom. The van der Waals surface area contributed by atoms with E-state index in [-0.39, 0.29) is 36.9 Å². The van der Waals surface area contributed by atoms with Gasteiger partial charge in [-0.1, -0.05) is 61.0 Å². The molecule has 1 N–H and O–H groups in total. The van der Waals surface area contributed by atoms with E-state index in [4.69, 9.17) is 0 Å². The fourth-order valence-electron chi connectivity index (χ4n) is 4.30. The lowest BCUT2D eigenvalue weighted by atomic mass is 10.1. The maximum Gasteiger partial charge on any atom is 0.259 e. The van der Waals surface area contributed by atoms with Crippen LogP contribution >= 0.6 is 0 Å². The second-order valence-electron chi connectivity index (χ2n) is 9.07. The molecule has 0 fully saturated rings. The molecular weight excluding hydrogens is 426 g/mol. The van der Waals surface area contributed by atoms with Crippen LogP contribution < -0.4 is 10.2 Å². The van der Waals surface area contributed by atoms with E-state index in [1.165, 1.54) is 4.90 Å². The molecule has 0 unspecified atom stereocenters. The summed E-state index contributed by atoms with van der Waals surface area (Å²) in [5.74, 6) is -0.661. The highest BCUT2D eigenvalue weighted by atomic mass is 16.2. The zero-order chi connectivity index (χ0) is 24.4. The molecule has 6 nitrogen and oxygen atoms in total. The third-order valence-corrected chi connectivity index (χ3v) is 6.58. The number of hydrogen-bond donors (Lipinski definition) is 1. The first-order valence-electron chi connectivity index (χ1n) is 11.8. The van der Waals surface area contributed by atoms with E-state index in [0.717, 1.165) is 34.0 Å². The average molecular weight is 458 g/mol. The van der Waals surface area contributed by atoms with Gasteiger partial charge in [0, 0.05) is 23.5 Å². The van der Waals surface area contributed by atoms with Gasteiger partial charge in [0.25, 0.3) is 5.91 Å². The summed E-state index contributed by atoms with van der Waals surface area (Å²) in [6, 6.07) is 18.6. The molecule has 176 valence electrons. The molecule has 1 aliphatic rings. The number of anilines is 1. The lowest BCUT2D eigenvalue weighted by molar-refractivity contribution is -0.139. The van der Waals surface area contributed by atoms with Gasteiger partial charge in [-0.2, -0.15) is 0 Å². The summed E-state index contributed by atoms with van der Waals surface area (Å²) in [6.07, 6.45) is 0.801. The van der Waals surface area contributed by atoms with Crippen LogP contribution in [0.15, 0.2) is 60.7 Å². The molecule has 0 spiro atoms. The summed E-state index contributed by atoms with van der Waals surface area (Å²) in [5.41, 5.74) is 3.39. The van der Waals surface area contributed by atoms with E-state index in [0.29, 0.717) is 5.56 Å². The second kappa shape index (κ2) is 9.67. The molecule has 3 aromatic carbocycles. The van der Waals surface area contributed by atoms with E-state index in [2.05, 4.69) is 5.32 Å². The van der Waals surface area contributed by atoms with Crippen molar-refractivity contribution in [2.75, 3.05) is 11.4 Å². The Morgan fingerprint density at radius 1 is 1.00 bits per heavy atom. The molecule has 1 heterocycles. The van der Waals surface area contributed by atoms with Crippen molar-refractivity contribution < 1.29 is 14.4 Å². The van der Waals surface area contributed by atoms with Crippen molar-refractivity contribution in [3.8, 4) is 0 Å². The lowest BCUT2D eigenvalue weighted by Gasteiger charge is -2.31. The van der Waals surface area contributed by atoms with Crippen molar-refractivity contribution in [2.24, 2.45) is 0 Å². The Morgan fingerprint density at radius 3 is 2.35 bits per heavy atom. The molecule has 0 aliphatic carbocycles. The van der Waals surface area contributed by atoms with Crippen molar-refractivity contribution in [2.45, 2.75) is 52.7 Å². The van der Waals surface area contributed by atoms with Gasteiger partial charge in [0.2, 0.25) is 11.8 Å². The molecule has 0 saturated carbocycles. The van der Waals surface area contributed by atoms with Crippen LogP contribution in [0.5, 0.6) is 0 Å². The van der Waals surface area contributed by atoms with Crippen molar-refractivity contribution in [3.05, 3.63) is 77.4 Å². The Bertz CT molecular complexity index is 1230. The largest absolute Gasteiger partial charge is 0.352 e. The molecule has 34 heavy (non-hydrogen) atoms. The number of carbonyl (C=O) groups is 3. The fraction of sp³-hybridized carbons (Fsp3) is 0.321. The Kier molecular flexibility index (Phi) is 6.68. The minimum absolute atomic E-state index is 0.0125. The summed E-state index contributed by atoms with van der Waals surface area (Å²) in [6.45, 7) is 7.85. The predicted octanol–water partition coefficient (Wildman–Crippen LogP) is 4.44. The van der Waals surface area contributed by atoms with Crippen molar-refractivity contribution in [3.63, 3.8) is 0 Å². The number of rotatable bonds is 8. The van der Waals surface area contributed by atoms with Crippen LogP contribution in [0.2, 0.25) is 0 Å². The quantitative estimate of drug-likeness (QED) is 0.544. The molecule has 0 saturated heterocycles. The smallest absolute Gasteiger partial charge is 0.259 e. The monoisotopic (exact) mass is 457 g/mol. The number of carbonyl (C=O) groups excluding carboxylic acids is 3. The molecule has 6 heteroatoms. The van der Waals surface area contributed by atoms with Crippen molar-refractivity contribution >= 4 is 34.2 Å². The minimum Gasteiger partial charge on any atom is -0.352 e. The predicted molar refractivity (Wildman–Crippen MR) is 135 cm³/mol. The SMILES string of the molecule is CC[C@H](C)NC(=O)[C@@H](C)N(Cc1ccc(C)cc1)C(=O)CN1C(=O)c2cccc3cccc1c23. The van der Waals surface area contributed by atoms with Gasteiger partial charge in [-0.05, 0) is 50.3 Å². The summed E-state index contributed by atoms with van der Waals surface area (Å²) < 4.78 is 0. The van der Waals surface area contributed by atoms with E-state index < -0.39 is 6.04 Å².